The summed E-state index contributed by atoms with van der Waals surface area (Å²) in [4.78, 5) is 10.4. The summed E-state index contributed by atoms with van der Waals surface area (Å²) in [6.07, 6.45) is -6.55. The molecule has 0 saturated carbocycles. The number of tetrazole rings is 1. The third-order valence-corrected chi connectivity index (χ3v) is 2.02. The number of rotatable bonds is 4. The quantitative estimate of drug-likeness (QED) is 0.838. The van der Waals surface area contributed by atoms with Crippen molar-refractivity contribution in [3.8, 4) is 0 Å². The molecule has 0 amide bonds. The fourth-order valence-corrected chi connectivity index (χ4v) is 1.16. The van der Waals surface area contributed by atoms with Gasteiger partial charge in [0.2, 0.25) is 5.82 Å². The molecule has 18 heavy (non-hydrogen) atoms. The van der Waals surface area contributed by atoms with E-state index in [1.54, 1.807) is 0 Å². The van der Waals surface area contributed by atoms with E-state index in [9.17, 15) is 26.7 Å². The number of carboxylic acids is 1. The van der Waals surface area contributed by atoms with E-state index in [1.807, 2.05) is 0 Å². The topological polar surface area (TPSA) is 80.9 Å². The van der Waals surface area contributed by atoms with Crippen molar-refractivity contribution >= 4 is 5.97 Å². The average molecular weight is 274 g/mol. The lowest BCUT2D eigenvalue weighted by atomic mass is 10.2. The van der Waals surface area contributed by atoms with E-state index in [0.29, 0.717) is 0 Å². The maximum absolute atomic E-state index is 13.0. The Bertz CT molecular complexity index is 443. The molecule has 1 N–H and O–H groups in total. The van der Waals surface area contributed by atoms with Gasteiger partial charge in [0.1, 0.15) is 0 Å². The summed E-state index contributed by atoms with van der Waals surface area (Å²) in [6, 6.07) is -1.24. The fraction of sp³-hybridized carbons (Fsp3) is 0.714. The molecule has 0 bridgehead atoms. The van der Waals surface area contributed by atoms with Crippen LogP contribution in [0.25, 0.3) is 0 Å². The van der Waals surface area contributed by atoms with Gasteiger partial charge in [0.05, 0.1) is 12.5 Å². The van der Waals surface area contributed by atoms with Crippen LogP contribution in [0.15, 0.2) is 0 Å². The fourth-order valence-electron chi connectivity index (χ4n) is 1.16. The lowest BCUT2D eigenvalue weighted by molar-refractivity contribution is -0.294. The minimum Gasteiger partial charge on any atom is -0.481 e. The molecule has 102 valence electrons. The first-order chi connectivity index (χ1) is 8.07. The number of halogens is 5. The van der Waals surface area contributed by atoms with Crippen LogP contribution < -0.4 is 0 Å². The average Bonchev–Trinajstić information content (AvgIpc) is 2.62. The van der Waals surface area contributed by atoms with Crippen LogP contribution in [0.5, 0.6) is 0 Å². The smallest absolute Gasteiger partial charge is 0.461 e. The molecular formula is C7H7F5N4O2. The number of nitrogens with zero attached hydrogens (tertiary/aromatic N) is 4. The normalized spacial score (nSPS) is 14.6. The zero-order valence-corrected chi connectivity index (χ0v) is 8.82. The highest BCUT2D eigenvalue weighted by atomic mass is 19.4. The number of alkyl halides is 5. The summed E-state index contributed by atoms with van der Waals surface area (Å²) in [5.74, 6) is -8.36. The van der Waals surface area contributed by atoms with Crippen LogP contribution in [0.4, 0.5) is 22.0 Å². The molecular weight excluding hydrogens is 267 g/mol. The molecule has 11 heteroatoms. The Morgan fingerprint density at radius 2 is 1.94 bits per heavy atom. The molecule has 0 saturated heterocycles. The zero-order chi connectivity index (χ0) is 14.1. The molecule has 1 unspecified atom stereocenters. The van der Waals surface area contributed by atoms with Gasteiger partial charge in [0.25, 0.3) is 0 Å². The molecule has 0 aliphatic carbocycles. The van der Waals surface area contributed by atoms with E-state index in [-0.39, 0.29) is 4.68 Å². The Kier molecular flexibility index (Phi) is 3.53. The third kappa shape index (κ3) is 2.54. The zero-order valence-electron chi connectivity index (χ0n) is 8.82. The molecule has 6 nitrogen and oxygen atoms in total. The van der Waals surface area contributed by atoms with Gasteiger partial charge in [-0.2, -0.15) is 22.0 Å². The van der Waals surface area contributed by atoms with Gasteiger partial charge >= 0.3 is 18.1 Å². The minimum absolute atomic E-state index is 0.154. The highest BCUT2D eigenvalue weighted by molar-refractivity contribution is 5.67. The number of aliphatic carboxylic acids is 1. The lowest BCUT2D eigenvalue weighted by Crippen LogP contribution is -2.37. The Morgan fingerprint density at radius 3 is 2.39 bits per heavy atom. The van der Waals surface area contributed by atoms with Crippen LogP contribution in [-0.2, 0) is 10.7 Å². The Labute approximate surface area is 96.4 Å². The first-order valence-electron chi connectivity index (χ1n) is 4.52. The number of carboxylic acid groups (broad SMARTS) is 1. The van der Waals surface area contributed by atoms with Gasteiger partial charge < -0.3 is 5.11 Å². The summed E-state index contributed by atoms with van der Waals surface area (Å²) in [5.41, 5.74) is 0. The van der Waals surface area contributed by atoms with Crippen LogP contribution in [0.1, 0.15) is 25.2 Å². The number of aromatic nitrogens is 4. The van der Waals surface area contributed by atoms with Gasteiger partial charge in [0.15, 0.2) is 0 Å². The Morgan fingerprint density at radius 1 is 1.39 bits per heavy atom. The molecule has 1 rings (SSSR count). The van der Waals surface area contributed by atoms with Crippen molar-refractivity contribution in [2.45, 2.75) is 31.5 Å². The van der Waals surface area contributed by atoms with Crippen LogP contribution in [0.2, 0.25) is 0 Å². The van der Waals surface area contributed by atoms with Crippen LogP contribution >= 0.6 is 0 Å². The van der Waals surface area contributed by atoms with Crippen molar-refractivity contribution in [3.63, 3.8) is 0 Å². The van der Waals surface area contributed by atoms with Crippen molar-refractivity contribution < 1.29 is 31.9 Å². The van der Waals surface area contributed by atoms with Gasteiger partial charge in [-0.3, -0.25) is 4.79 Å². The first-order valence-corrected chi connectivity index (χ1v) is 4.52. The molecule has 0 spiro atoms. The summed E-state index contributed by atoms with van der Waals surface area (Å²) in [6.45, 7) is 1.11. The Hall–Kier alpha value is -1.81. The van der Waals surface area contributed by atoms with Gasteiger partial charge in [-0.05, 0) is 17.4 Å². The molecule has 0 aliphatic rings. The highest BCUT2D eigenvalue weighted by Crippen LogP contribution is 2.43. The van der Waals surface area contributed by atoms with E-state index >= 15 is 0 Å². The molecule has 1 heterocycles. The van der Waals surface area contributed by atoms with E-state index in [2.05, 4.69) is 15.5 Å². The van der Waals surface area contributed by atoms with E-state index in [0.717, 1.165) is 6.92 Å². The van der Waals surface area contributed by atoms with Crippen molar-refractivity contribution in [2.24, 2.45) is 0 Å². The second-order valence-electron chi connectivity index (χ2n) is 3.47. The number of hydrogen-bond donors (Lipinski definition) is 1. The van der Waals surface area contributed by atoms with Crippen molar-refractivity contribution in [1.29, 1.82) is 0 Å². The van der Waals surface area contributed by atoms with Gasteiger partial charge in [-0.1, -0.05) is 0 Å². The van der Waals surface area contributed by atoms with E-state index in [4.69, 9.17) is 5.11 Å². The van der Waals surface area contributed by atoms with E-state index < -0.39 is 36.4 Å². The van der Waals surface area contributed by atoms with Crippen molar-refractivity contribution in [1.82, 2.24) is 20.2 Å². The molecule has 0 aromatic carbocycles. The summed E-state index contributed by atoms with van der Waals surface area (Å²) >= 11 is 0. The predicted octanol–water partition coefficient (Wildman–Crippen LogP) is 1.36. The predicted molar refractivity (Wildman–Crippen MR) is 44.7 cm³/mol. The summed E-state index contributed by atoms with van der Waals surface area (Å²) in [7, 11) is 0. The number of hydrogen-bond acceptors (Lipinski definition) is 4. The molecule has 0 fully saturated rings. The summed E-state index contributed by atoms with van der Waals surface area (Å²) < 4.78 is 62.6. The Balaban J connectivity index is 3.13. The first kappa shape index (κ1) is 14.3. The third-order valence-electron chi connectivity index (χ3n) is 2.02. The van der Waals surface area contributed by atoms with Crippen LogP contribution in [0.3, 0.4) is 0 Å². The maximum Gasteiger partial charge on any atom is 0.461 e. The number of carbonyl (C=O) groups is 1. The van der Waals surface area contributed by atoms with Crippen molar-refractivity contribution in [3.05, 3.63) is 5.82 Å². The summed E-state index contributed by atoms with van der Waals surface area (Å²) in [5, 5.41) is 16.7. The SMILES string of the molecule is CC(CC(=O)O)n1nnnc1C(F)(F)C(F)(F)F. The molecule has 1 aromatic rings. The van der Waals surface area contributed by atoms with Gasteiger partial charge in [-0.25, -0.2) is 4.68 Å². The van der Waals surface area contributed by atoms with Gasteiger partial charge in [0, 0.05) is 0 Å². The highest BCUT2D eigenvalue weighted by Gasteiger charge is 2.62. The van der Waals surface area contributed by atoms with E-state index in [1.165, 1.54) is 0 Å². The second-order valence-corrected chi connectivity index (χ2v) is 3.47. The monoisotopic (exact) mass is 274 g/mol. The van der Waals surface area contributed by atoms with Crippen LogP contribution in [0, 0.1) is 0 Å². The van der Waals surface area contributed by atoms with Gasteiger partial charge in [-0.15, -0.1) is 5.10 Å². The molecule has 0 aliphatic heterocycles. The van der Waals surface area contributed by atoms with Crippen molar-refractivity contribution in [2.75, 3.05) is 0 Å². The maximum atomic E-state index is 13.0. The second kappa shape index (κ2) is 4.46. The standard InChI is InChI=1S/C7H7F5N4O2/c1-3(2-4(17)18)16-5(13-14-15-16)6(8,9)7(10,11)12/h3H,2H2,1H3,(H,17,18). The molecule has 1 atom stereocenters. The minimum atomic E-state index is -5.86. The molecule has 1 aromatic heterocycles. The molecule has 0 radical (unpaired) electrons. The largest absolute Gasteiger partial charge is 0.481 e. The van der Waals surface area contributed by atoms with Crippen LogP contribution in [-0.4, -0.2) is 37.5 Å². The lowest BCUT2D eigenvalue weighted by Gasteiger charge is -2.20.